The van der Waals surface area contributed by atoms with Gasteiger partial charge in [-0.1, -0.05) is 0 Å². The van der Waals surface area contributed by atoms with Crippen molar-refractivity contribution in [3.05, 3.63) is 24.0 Å². The molecule has 6 heteroatoms. The van der Waals surface area contributed by atoms with Gasteiger partial charge in [-0.15, -0.1) is 0 Å². The fraction of sp³-hybridized carbons (Fsp3) is 0.588. The Balaban J connectivity index is 1.68. The molecule has 2 amide bonds. The summed E-state index contributed by atoms with van der Waals surface area (Å²) in [5.41, 5.74) is 1.50. The maximum Gasteiger partial charge on any atom is 0.410 e. The summed E-state index contributed by atoms with van der Waals surface area (Å²) in [4.78, 5) is 31.8. The second kappa shape index (κ2) is 5.83. The summed E-state index contributed by atoms with van der Waals surface area (Å²) in [6.07, 6.45) is 4.76. The number of pyridine rings is 1. The second-order valence-corrected chi connectivity index (χ2v) is 7.17. The van der Waals surface area contributed by atoms with Crippen LogP contribution in [-0.2, 0) is 9.53 Å². The van der Waals surface area contributed by atoms with Crippen LogP contribution in [0, 0.1) is 0 Å². The van der Waals surface area contributed by atoms with Gasteiger partial charge in [-0.05, 0) is 33.3 Å². The summed E-state index contributed by atoms with van der Waals surface area (Å²) >= 11 is 0. The molecule has 0 spiro atoms. The van der Waals surface area contributed by atoms with Gasteiger partial charge in [0.15, 0.2) is 0 Å². The summed E-state index contributed by atoms with van der Waals surface area (Å²) in [6.45, 7) is 7.56. The third-order valence-electron chi connectivity index (χ3n) is 4.17. The molecule has 6 nitrogen and oxygen atoms in total. The Labute approximate surface area is 136 Å². The third-order valence-corrected chi connectivity index (χ3v) is 4.17. The number of ether oxygens (including phenoxy) is 1. The molecular formula is C17H23N3O3. The van der Waals surface area contributed by atoms with Crippen molar-refractivity contribution in [2.45, 2.75) is 45.1 Å². The number of anilines is 1. The van der Waals surface area contributed by atoms with Crippen molar-refractivity contribution in [2.24, 2.45) is 0 Å². The molecule has 3 heterocycles. The van der Waals surface area contributed by atoms with E-state index in [1.54, 1.807) is 11.1 Å². The van der Waals surface area contributed by atoms with Crippen LogP contribution in [0.2, 0.25) is 0 Å². The summed E-state index contributed by atoms with van der Waals surface area (Å²) in [7, 11) is 0. The molecule has 1 aromatic heterocycles. The summed E-state index contributed by atoms with van der Waals surface area (Å²) < 4.78 is 5.38. The predicted molar refractivity (Wildman–Crippen MR) is 86.4 cm³/mol. The molecule has 0 saturated carbocycles. The second-order valence-electron chi connectivity index (χ2n) is 7.17. The fourth-order valence-corrected chi connectivity index (χ4v) is 3.01. The molecule has 0 aliphatic carbocycles. The number of hydrogen-bond donors (Lipinski definition) is 0. The van der Waals surface area contributed by atoms with Gasteiger partial charge < -0.3 is 14.5 Å². The minimum Gasteiger partial charge on any atom is -0.444 e. The molecule has 2 aliphatic heterocycles. The zero-order valence-corrected chi connectivity index (χ0v) is 13.9. The van der Waals surface area contributed by atoms with E-state index < -0.39 is 5.60 Å². The van der Waals surface area contributed by atoms with Gasteiger partial charge in [0.1, 0.15) is 5.60 Å². The number of likely N-dealkylation sites (tertiary alicyclic amines) is 1. The summed E-state index contributed by atoms with van der Waals surface area (Å²) in [5, 5.41) is 0. The van der Waals surface area contributed by atoms with Crippen molar-refractivity contribution in [2.75, 3.05) is 24.5 Å². The Morgan fingerprint density at radius 1 is 1.35 bits per heavy atom. The van der Waals surface area contributed by atoms with Crippen LogP contribution in [0.1, 0.15) is 45.1 Å². The maximum absolute atomic E-state index is 12.0. The highest BCUT2D eigenvalue weighted by Gasteiger charge is 2.37. The van der Waals surface area contributed by atoms with Crippen LogP contribution < -0.4 is 4.90 Å². The summed E-state index contributed by atoms with van der Waals surface area (Å²) in [6, 6.07) is 1.90. The molecule has 0 N–H and O–H groups in total. The average Bonchev–Trinajstić information content (AvgIpc) is 2.81. The lowest BCUT2D eigenvalue weighted by atomic mass is 9.91. The maximum atomic E-state index is 12.0. The molecule has 0 unspecified atom stereocenters. The first-order valence-electron chi connectivity index (χ1n) is 8.07. The Hall–Kier alpha value is -2.11. The standard InChI is InChI=1S/C17H23N3O3/c1-17(2,3)23-16(22)19-10-12(11-19)13-9-18-7-6-14(13)20-8-4-5-15(20)21/h6-7,9,12H,4-5,8,10-11H2,1-3H3. The number of nitrogens with zero attached hydrogens (tertiary/aromatic N) is 3. The van der Waals surface area contributed by atoms with Crippen molar-refractivity contribution in [1.29, 1.82) is 0 Å². The van der Waals surface area contributed by atoms with Crippen LogP contribution in [0.25, 0.3) is 0 Å². The quantitative estimate of drug-likeness (QED) is 0.841. The third kappa shape index (κ3) is 3.30. The Bertz CT molecular complexity index is 618. The van der Waals surface area contributed by atoms with Crippen molar-refractivity contribution >= 4 is 17.7 Å². The van der Waals surface area contributed by atoms with Crippen LogP contribution in [0.3, 0.4) is 0 Å². The van der Waals surface area contributed by atoms with Crippen LogP contribution in [0.4, 0.5) is 10.5 Å². The first kappa shape index (κ1) is 15.8. The van der Waals surface area contributed by atoms with Gasteiger partial charge in [0.2, 0.25) is 5.91 Å². The van der Waals surface area contributed by atoms with E-state index in [4.69, 9.17) is 4.74 Å². The highest BCUT2D eigenvalue weighted by molar-refractivity contribution is 5.96. The molecule has 2 fully saturated rings. The zero-order chi connectivity index (χ0) is 16.6. The molecule has 2 saturated heterocycles. The first-order chi connectivity index (χ1) is 10.8. The minimum absolute atomic E-state index is 0.167. The number of aromatic nitrogens is 1. The smallest absolute Gasteiger partial charge is 0.410 e. The molecule has 0 bridgehead atoms. The minimum atomic E-state index is -0.483. The topological polar surface area (TPSA) is 62.7 Å². The van der Waals surface area contributed by atoms with Gasteiger partial charge >= 0.3 is 6.09 Å². The van der Waals surface area contributed by atoms with E-state index in [1.807, 2.05) is 37.9 Å². The van der Waals surface area contributed by atoms with Gasteiger partial charge in [0, 0.05) is 49.9 Å². The molecule has 0 radical (unpaired) electrons. The lowest BCUT2D eigenvalue weighted by Crippen LogP contribution is -2.50. The fourth-order valence-electron chi connectivity index (χ4n) is 3.01. The van der Waals surface area contributed by atoms with E-state index in [0.29, 0.717) is 19.5 Å². The van der Waals surface area contributed by atoms with E-state index in [2.05, 4.69) is 4.98 Å². The Morgan fingerprint density at radius 3 is 2.70 bits per heavy atom. The largest absolute Gasteiger partial charge is 0.444 e. The molecular weight excluding hydrogens is 294 g/mol. The average molecular weight is 317 g/mol. The molecule has 2 aliphatic rings. The van der Waals surface area contributed by atoms with Crippen LogP contribution in [0.5, 0.6) is 0 Å². The van der Waals surface area contributed by atoms with E-state index >= 15 is 0 Å². The normalized spacial score (nSPS) is 19.0. The van der Waals surface area contributed by atoms with E-state index in [1.165, 1.54) is 0 Å². The SMILES string of the molecule is CC(C)(C)OC(=O)N1CC(c2cnccc2N2CCCC2=O)C1. The Kier molecular flexibility index (Phi) is 4.00. The number of rotatable bonds is 2. The molecule has 1 aromatic rings. The van der Waals surface area contributed by atoms with Crippen LogP contribution in [-0.4, -0.2) is 47.1 Å². The first-order valence-corrected chi connectivity index (χ1v) is 8.07. The van der Waals surface area contributed by atoms with Crippen molar-refractivity contribution in [3.8, 4) is 0 Å². The molecule has 3 rings (SSSR count). The van der Waals surface area contributed by atoms with Crippen molar-refractivity contribution in [1.82, 2.24) is 9.88 Å². The number of amides is 2. The van der Waals surface area contributed by atoms with E-state index in [-0.39, 0.29) is 17.9 Å². The van der Waals surface area contributed by atoms with Crippen molar-refractivity contribution < 1.29 is 14.3 Å². The number of carbonyl (C=O) groups excluding carboxylic acids is 2. The summed E-state index contributed by atoms with van der Waals surface area (Å²) in [5.74, 6) is 0.375. The van der Waals surface area contributed by atoms with Crippen LogP contribution >= 0.6 is 0 Å². The molecule has 23 heavy (non-hydrogen) atoms. The number of hydrogen-bond acceptors (Lipinski definition) is 4. The van der Waals surface area contributed by atoms with Gasteiger partial charge in [0.25, 0.3) is 0 Å². The molecule has 0 aromatic carbocycles. The van der Waals surface area contributed by atoms with E-state index in [0.717, 1.165) is 24.2 Å². The predicted octanol–water partition coefficient (Wildman–Crippen LogP) is 2.54. The van der Waals surface area contributed by atoms with Gasteiger partial charge in [-0.2, -0.15) is 0 Å². The van der Waals surface area contributed by atoms with Gasteiger partial charge in [0.05, 0.1) is 5.69 Å². The lowest BCUT2D eigenvalue weighted by molar-refractivity contribution is -0.117. The Morgan fingerprint density at radius 2 is 2.09 bits per heavy atom. The zero-order valence-electron chi connectivity index (χ0n) is 13.9. The monoisotopic (exact) mass is 317 g/mol. The van der Waals surface area contributed by atoms with Crippen LogP contribution in [0.15, 0.2) is 18.5 Å². The van der Waals surface area contributed by atoms with Gasteiger partial charge in [-0.25, -0.2) is 4.79 Å². The van der Waals surface area contributed by atoms with Gasteiger partial charge in [-0.3, -0.25) is 9.78 Å². The number of carbonyl (C=O) groups is 2. The highest BCUT2D eigenvalue weighted by Crippen LogP contribution is 2.35. The highest BCUT2D eigenvalue weighted by atomic mass is 16.6. The lowest BCUT2D eigenvalue weighted by Gasteiger charge is -2.41. The van der Waals surface area contributed by atoms with E-state index in [9.17, 15) is 9.59 Å². The van der Waals surface area contributed by atoms with Crippen molar-refractivity contribution in [3.63, 3.8) is 0 Å². The molecule has 0 atom stereocenters. The molecule has 124 valence electrons.